The second-order valence-corrected chi connectivity index (χ2v) is 5.03. The molecule has 0 aromatic heterocycles. The first-order chi connectivity index (χ1) is 8.47. The zero-order chi connectivity index (χ0) is 13.5. The summed E-state index contributed by atoms with van der Waals surface area (Å²) < 4.78 is 24.4. The molecule has 1 aromatic carbocycles. The number of carbonyl (C=O) groups excluding carboxylic acids is 1. The van der Waals surface area contributed by atoms with Crippen LogP contribution in [0.4, 0.5) is 14.5 Å². The maximum Gasteiger partial charge on any atom is 0.288 e. The van der Waals surface area contributed by atoms with Gasteiger partial charge in [0, 0.05) is 23.0 Å². The molecule has 108 valence electrons. The van der Waals surface area contributed by atoms with E-state index in [1.807, 2.05) is 6.92 Å². The van der Waals surface area contributed by atoms with Gasteiger partial charge >= 0.3 is 0 Å². The minimum atomic E-state index is -2.46. The smallest absolute Gasteiger partial charge is 0.288 e. The number of amides is 1. The van der Waals surface area contributed by atoms with Gasteiger partial charge in [-0.2, -0.15) is 8.78 Å². The van der Waals surface area contributed by atoms with Crippen molar-refractivity contribution in [3.63, 3.8) is 0 Å². The van der Waals surface area contributed by atoms with E-state index in [0.717, 1.165) is 0 Å². The summed E-state index contributed by atoms with van der Waals surface area (Å²) in [6.07, 6.45) is 0.918. The van der Waals surface area contributed by atoms with Crippen LogP contribution < -0.4 is 11.1 Å². The Kier molecular flexibility index (Phi) is 8.71. The van der Waals surface area contributed by atoms with Gasteiger partial charge in [-0.25, -0.2) is 0 Å². The standard InChI is InChI=1S/C12H16F2N2OS.ClH/c1-8(15)5-6-11(17)16-9-3-2-4-10(7-9)18-12(13)14;/h2-4,7-8,12H,5-6,15H2,1H3,(H,16,17);1H. The first-order valence-electron chi connectivity index (χ1n) is 5.57. The van der Waals surface area contributed by atoms with Gasteiger partial charge in [0.05, 0.1) is 0 Å². The Morgan fingerprint density at radius 1 is 1.47 bits per heavy atom. The van der Waals surface area contributed by atoms with Crippen LogP contribution in [0.1, 0.15) is 19.8 Å². The molecule has 0 aliphatic rings. The van der Waals surface area contributed by atoms with E-state index >= 15 is 0 Å². The first kappa shape index (κ1) is 18.1. The molecule has 1 amide bonds. The predicted octanol–water partition coefficient (Wildman–Crippen LogP) is 3.49. The Hall–Kier alpha value is -0.850. The summed E-state index contributed by atoms with van der Waals surface area (Å²) in [6.45, 7) is 1.83. The normalized spacial score (nSPS) is 11.8. The minimum absolute atomic E-state index is 0. The predicted molar refractivity (Wildman–Crippen MR) is 77.1 cm³/mol. The lowest BCUT2D eigenvalue weighted by atomic mass is 10.2. The molecule has 1 aromatic rings. The number of hydrogen-bond donors (Lipinski definition) is 2. The molecule has 19 heavy (non-hydrogen) atoms. The Morgan fingerprint density at radius 2 is 2.16 bits per heavy atom. The third-order valence-electron chi connectivity index (χ3n) is 2.17. The molecule has 0 aliphatic heterocycles. The van der Waals surface area contributed by atoms with E-state index in [2.05, 4.69) is 5.32 Å². The molecular weight excluding hydrogens is 294 g/mol. The number of nitrogens with one attached hydrogen (secondary N) is 1. The van der Waals surface area contributed by atoms with Gasteiger partial charge in [-0.3, -0.25) is 4.79 Å². The largest absolute Gasteiger partial charge is 0.328 e. The number of halogens is 3. The van der Waals surface area contributed by atoms with E-state index in [0.29, 0.717) is 35.2 Å². The third kappa shape index (κ3) is 8.02. The number of benzene rings is 1. The Morgan fingerprint density at radius 3 is 2.74 bits per heavy atom. The van der Waals surface area contributed by atoms with Crippen molar-refractivity contribution in [1.82, 2.24) is 0 Å². The van der Waals surface area contributed by atoms with E-state index in [1.165, 1.54) is 6.07 Å². The minimum Gasteiger partial charge on any atom is -0.328 e. The Labute approximate surface area is 121 Å². The highest BCUT2D eigenvalue weighted by Gasteiger charge is 2.07. The molecule has 0 aliphatic carbocycles. The summed E-state index contributed by atoms with van der Waals surface area (Å²) in [5.41, 5.74) is 6.07. The Balaban J connectivity index is 0.00000324. The molecule has 0 fully saturated rings. The van der Waals surface area contributed by atoms with E-state index in [4.69, 9.17) is 5.73 Å². The quantitative estimate of drug-likeness (QED) is 0.791. The van der Waals surface area contributed by atoms with Crippen LogP contribution in [0.2, 0.25) is 0 Å². The molecule has 0 saturated carbocycles. The van der Waals surface area contributed by atoms with Crippen molar-refractivity contribution in [3.05, 3.63) is 24.3 Å². The third-order valence-corrected chi connectivity index (χ3v) is 2.87. The van der Waals surface area contributed by atoms with Crippen molar-refractivity contribution >= 4 is 35.8 Å². The summed E-state index contributed by atoms with van der Waals surface area (Å²) in [7, 11) is 0. The number of anilines is 1. The van der Waals surface area contributed by atoms with Crippen LogP contribution in [0.25, 0.3) is 0 Å². The zero-order valence-electron chi connectivity index (χ0n) is 10.4. The zero-order valence-corrected chi connectivity index (χ0v) is 12.1. The monoisotopic (exact) mass is 310 g/mol. The molecule has 1 unspecified atom stereocenters. The molecule has 0 bridgehead atoms. The topological polar surface area (TPSA) is 55.1 Å². The van der Waals surface area contributed by atoms with Crippen LogP contribution in [-0.4, -0.2) is 17.7 Å². The highest BCUT2D eigenvalue weighted by atomic mass is 35.5. The van der Waals surface area contributed by atoms with Crippen LogP contribution in [0.5, 0.6) is 0 Å². The summed E-state index contributed by atoms with van der Waals surface area (Å²) in [5.74, 6) is -2.62. The summed E-state index contributed by atoms with van der Waals surface area (Å²) >= 11 is 0.453. The van der Waals surface area contributed by atoms with Crippen molar-refractivity contribution in [3.8, 4) is 0 Å². The SMILES string of the molecule is CC(N)CCC(=O)Nc1cccc(SC(F)F)c1.Cl. The second kappa shape index (κ2) is 9.12. The number of alkyl halides is 2. The van der Waals surface area contributed by atoms with Gasteiger partial charge in [-0.1, -0.05) is 17.8 Å². The Bertz CT molecular complexity index is 405. The van der Waals surface area contributed by atoms with Crippen LogP contribution >= 0.6 is 24.2 Å². The van der Waals surface area contributed by atoms with Crippen LogP contribution in [0.15, 0.2) is 29.2 Å². The van der Waals surface area contributed by atoms with Crippen LogP contribution in [0.3, 0.4) is 0 Å². The van der Waals surface area contributed by atoms with Crippen molar-refractivity contribution in [1.29, 1.82) is 0 Å². The highest BCUT2D eigenvalue weighted by molar-refractivity contribution is 7.99. The molecule has 7 heteroatoms. The van der Waals surface area contributed by atoms with E-state index in [-0.39, 0.29) is 24.4 Å². The fourth-order valence-electron chi connectivity index (χ4n) is 1.33. The molecule has 1 atom stereocenters. The van der Waals surface area contributed by atoms with Crippen LogP contribution in [0, 0.1) is 0 Å². The molecule has 0 saturated heterocycles. The van der Waals surface area contributed by atoms with Crippen molar-refractivity contribution in [2.24, 2.45) is 5.73 Å². The number of hydrogen-bond acceptors (Lipinski definition) is 3. The molecule has 0 spiro atoms. The number of nitrogens with two attached hydrogens (primary N) is 1. The molecular formula is C12H17ClF2N2OS. The molecule has 3 nitrogen and oxygen atoms in total. The van der Waals surface area contributed by atoms with Crippen molar-refractivity contribution < 1.29 is 13.6 Å². The number of rotatable bonds is 6. The fraction of sp³-hybridized carbons (Fsp3) is 0.417. The van der Waals surface area contributed by atoms with E-state index in [1.54, 1.807) is 18.2 Å². The van der Waals surface area contributed by atoms with E-state index in [9.17, 15) is 13.6 Å². The summed E-state index contributed by atoms with van der Waals surface area (Å²) in [6, 6.07) is 6.37. The van der Waals surface area contributed by atoms with Gasteiger partial charge in [0.1, 0.15) is 0 Å². The average Bonchev–Trinajstić information content (AvgIpc) is 2.26. The van der Waals surface area contributed by atoms with Gasteiger partial charge in [0.25, 0.3) is 5.76 Å². The number of thioether (sulfide) groups is 1. The summed E-state index contributed by atoms with van der Waals surface area (Å²) in [5, 5.41) is 2.66. The van der Waals surface area contributed by atoms with Gasteiger partial charge in [0.15, 0.2) is 0 Å². The van der Waals surface area contributed by atoms with Crippen molar-refractivity contribution in [2.75, 3.05) is 5.32 Å². The molecule has 0 radical (unpaired) electrons. The maximum absolute atomic E-state index is 12.2. The first-order valence-corrected chi connectivity index (χ1v) is 6.45. The second-order valence-electron chi connectivity index (χ2n) is 3.97. The molecule has 3 N–H and O–H groups in total. The lowest BCUT2D eigenvalue weighted by Crippen LogP contribution is -2.19. The summed E-state index contributed by atoms with van der Waals surface area (Å²) in [4.78, 5) is 12.0. The average molecular weight is 311 g/mol. The highest BCUT2D eigenvalue weighted by Crippen LogP contribution is 2.27. The van der Waals surface area contributed by atoms with E-state index < -0.39 is 5.76 Å². The van der Waals surface area contributed by atoms with Gasteiger partial charge < -0.3 is 11.1 Å². The fourth-order valence-corrected chi connectivity index (χ4v) is 1.89. The van der Waals surface area contributed by atoms with Gasteiger partial charge in [-0.15, -0.1) is 12.4 Å². The van der Waals surface area contributed by atoms with Gasteiger partial charge in [0.2, 0.25) is 5.91 Å². The molecule has 0 heterocycles. The lowest BCUT2D eigenvalue weighted by Gasteiger charge is -2.08. The lowest BCUT2D eigenvalue weighted by molar-refractivity contribution is -0.116. The van der Waals surface area contributed by atoms with Crippen LogP contribution in [-0.2, 0) is 4.79 Å². The maximum atomic E-state index is 12.2. The number of carbonyl (C=O) groups is 1. The molecule has 1 rings (SSSR count). The van der Waals surface area contributed by atoms with Crippen molar-refractivity contribution in [2.45, 2.75) is 36.5 Å². The van der Waals surface area contributed by atoms with Gasteiger partial charge in [-0.05, 0) is 31.5 Å².